The smallest absolute Gasteiger partial charge is 0.343 e. The number of esters is 1. The first kappa shape index (κ1) is 25.8. The summed E-state index contributed by atoms with van der Waals surface area (Å²) in [5.74, 6) is -0.723. The molecule has 210 valence electrons. The number of nitrogens with zero attached hydrogens (tertiary/aromatic N) is 2. The molecule has 2 unspecified atom stereocenters. The number of halogens is 1. The number of carbonyl (C=O) groups is 1. The Labute approximate surface area is 229 Å². The van der Waals surface area contributed by atoms with Gasteiger partial charge in [0.1, 0.15) is 18.7 Å². The lowest BCUT2D eigenvalue weighted by molar-refractivity contribution is -0.172. The Kier molecular flexibility index (Phi) is 5.74. The van der Waals surface area contributed by atoms with Gasteiger partial charge < -0.3 is 24.6 Å². The molecule has 0 spiro atoms. The molecule has 0 amide bonds. The van der Waals surface area contributed by atoms with Crippen LogP contribution >= 0.6 is 0 Å². The van der Waals surface area contributed by atoms with E-state index in [0.717, 1.165) is 34.9 Å². The van der Waals surface area contributed by atoms with Gasteiger partial charge in [-0.25, -0.2) is 14.2 Å². The SMILES string of the molecule is CC[C@@]1(O)C(=O)OCc2c1cc1n(c2=O)Cc2c-1nc1cc(F)c(C)c3c1c2[C@@H](NC(O)C(O)CC1CC1)CC3. The van der Waals surface area contributed by atoms with E-state index >= 15 is 4.39 Å². The Morgan fingerprint density at radius 3 is 2.70 bits per heavy atom. The Morgan fingerprint density at radius 1 is 1.20 bits per heavy atom. The molecule has 3 aromatic rings. The van der Waals surface area contributed by atoms with Gasteiger partial charge in [-0.1, -0.05) is 19.8 Å². The molecule has 1 aromatic carbocycles. The van der Waals surface area contributed by atoms with E-state index in [1.54, 1.807) is 24.5 Å². The van der Waals surface area contributed by atoms with Crippen LogP contribution in [0.4, 0.5) is 4.39 Å². The predicted octanol–water partition coefficient (Wildman–Crippen LogP) is 2.58. The van der Waals surface area contributed by atoms with Crippen LogP contribution in [0.3, 0.4) is 0 Å². The summed E-state index contributed by atoms with van der Waals surface area (Å²) < 4.78 is 21.8. The van der Waals surface area contributed by atoms with Gasteiger partial charge in [-0.3, -0.25) is 10.1 Å². The summed E-state index contributed by atoms with van der Waals surface area (Å²) in [6, 6.07) is 2.68. The predicted molar refractivity (Wildman–Crippen MR) is 143 cm³/mol. The summed E-state index contributed by atoms with van der Waals surface area (Å²) in [4.78, 5) is 31.1. The van der Waals surface area contributed by atoms with Gasteiger partial charge in [-0.2, -0.15) is 0 Å². The van der Waals surface area contributed by atoms with Crippen molar-refractivity contribution in [1.82, 2.24) is 14.9 Å². The van der Waals surface area contributed by atoms with Crippen LogP contribution in [0.25, 0.3) is 22.3 Å². The number of benzene rings is 1. The van der Waals surface area contributed by atoms with Crippen LogP contribution in [0.2, 0.25) is 0 Å². The first-order chi connectivity index (χ1) is 19.1. The van der Waals surface area contributed by atoms with Crippen LogP contribution in [-0.2, 0) is 34.7 Å². The van der Waals surface area contributed by atoms with Gasteiger partial charge in [0.2, 0.25) is 0 Å². The van der Waals surface area contributed by atoms with Crippen molar-refractivity contribution in [2.75, 3.05) is 0 Å². The van der Waals surface area contributed by atoms with Gasteiger partial charge in [0.15, 0.2) is 5.60 Å². The highest BCUT2D eigenvalue weighted by Crippen LogP contribution is 2.46. The summed E-state index contributed by atoms with van der Waals surface area (Å²) in [6.07, 6.45) is 1.76. The van der Waals surface area contributed by atoms with E-state index in [0.29, 0.717) is 47.6 Å². The number of pyridine rings is 2. The third-order valence-electron chi connectivity index (χ3n) is 9.39. The van der Waals surface area contributed by atoms with Crippen LogP contribution in [0.5, 0.6) is 0 Å². The highest BCUT2D eigenvalue weighted by Gasteiger charge is 2.46. The summed E-state index contributed by atoms with van der Waals surface area (Å²) in [7, 11) is 0. The monoisotopic (exact) mass is 549 g/mol. The van der Waals surface area contributed by atoms with Gasteiger partial charge in [0.05, 0.1) is 35.1 Å². The van der Waals surface area contributed by atoms with Crippen LogP contribution in [0, 0.1) is 18.7 Å². The molecular formula is C30H32FN3O6. The maximum absolute atomic E-state index is 15.1. The summed E-state index contributed by atoms with van der Waals surface area (Å²) in [6.45, 7) is 3.37. The van der Waals surface area contributed by atoms with Gasteiger partial charge >= 0.3 is 5.97 Å². The number of ether oxygens (including phenoxy) is 1. The van der Waals surface area contributed by atoms with E-state index in [1.165, 1.54) is 6.07 Å². The molecule has 4 heterocycles. The number of aryl methyl sites for hydroxylation is 1. The largest absolute Gasteiger partial charge is 0.458 e. The lowest BCUT2D eigenvalue weighted by Crippen LogP contribution is -2.44. The Hall–Kier alpha value is -3.18. The van der Waals surface area contributed by atoms with Crippen molar-refractivity contribution in [2.24, 2.45) is 5.92 Å². The zero-order valence-corrected chi connectivity index (χ0v) is 22.5. The van der Waals surface area contributed by atoms with Gasteiger partial charge in [-0.15, -0.1) is 0 Å². The first-order valence-electron chi connectivity index (χ1n) is 14.1. The number of rotatable bonds is 6. The Morgan fingerprint density at radius 2 is 1.98 bits per heavy atom. The minimum Gasteiger partial charge on any atom is -0.458 e. The summed E-state index contributed by atoms with van der Waals surface area (Å²) in [5.41, 5.74) is 2.51. The van der Waals surface area contributed by atoms with E-state index in [1.807, 2.05) is 0 Å². The summed E-state index contributed by atoms with van der Waals surface area (Å²) in [5, 5.41) is 36.8. The molecule has 0 bridgehead atoms. The van der Waals surface area contributed by atoms with E-state index in [4.69, 9.17) is 9.72 Å². The van der Waals surface area contributed by atoms with Gasteiger partial charge in [-0.05, 0) is 61.3 Å². The molecular weight excluding hydrogens is 517 g/mol. The maximum atomic E-state index is 15.1. The molecule has 0 radical (unpaired) electrons. The summed E-state index contributed by atoms with van der Waals surface area (Å²) >= 11 is 0. The fourth-order valence-corrected chi connectivity index (χ4v) is 6.86. The van der Waals surface area contributed by atoms with Crippen molar-refractivity contribution in [3.8, 4) is 11.4 Å². The lowest BCUT2D eigenvalue weighted by atomic mass is 9.81. The molecule has 4 atom stereocenters. The number of carbonyl (C=O) groups excluding carboxylic acids is 1. The average molecular weight is 550 g/mol. The standard InChI is InChI=1S/C30H32FN3O6/c1-3-30(39)18-9-22-26-16(11-34(22)28(37)17(18)12-40-29(30)38)25-20(33-27(36)23(35)8-14-4-5-14)7-6-15-13(2)19(31)10-21(32-26)24(15)25/h9-10,14,20,23,27,33,35-36,39H,3-8,11-12H2,1-2H3/t20-,23?,27?,30-/m0/s1. The fraction of sp³-hybridized carbons (Fsp3) is 0.500. The van der Waals surface area contributed by atoms with Gasteiger partial charge in [0, 0.05) is 28.6 Å². The molecule has 2 aliphatic carbocycles. The van der Waals surface area contributed by atoms with Crippen LogP contribution in [0.15, 0.2) is 16.9 Å². The molecule has 1 fully saturated rings. The number of hydrogen-bond donors (Lipinski definition) is 4. The minimum absolute atomic E-state index is 0.0336. The van der Waals surface area contributed by atoms with Crippen molar-refractivity contribution in [3.63, 3.8) is 0 Å². The fourth-order valence-electron chi connectivity index (χ4n) is 6.86. The van der Waals surface area contributed by atoms with Gasteiger partial charge in [0.25, 0.3) is 5.56 Å². The molecule has 9 nitrogen and oxygen atoms in total. The topological polar surface area (TPSA) is 134 Å². The van der Waals surface area contributed by atoms with Crippen LogP contribution in [-0.4, -0.2) is 43.2 Å². The quantitative estimate of drug-likeness (QED) is 0.213. The molecule has 4 aliphatic rings. The average Bonchev–Trinajstić information content (AvgIpc) is 3.68. The van der Waals surface area contributed by atoms with Crippen molar-refractivity contribution in [1.29, 1.82) is 0 Å². The van der Waals surface area contributed by atoms with E-state index in [9.17, 15) is 24.9 Å². The normalized spacial score (nSPS) is 24.4. The third-order valence-corrected chi connectivity index (χ3v) is 9.39. The molecule has 2 aromatic heterocycles. The van der Waals surface area contributed by atoms with E-state index in [2.05, 4.69) is 5.32 Å². The minimum atomic E-state index is -1.95. The molecule has 7 rings (SSSR count). The molecule has 10 heteroatoms. The highest BCUT2D eigenvalue weighted by atomic mass is 19.1. The van der Waals surface area contributed by atoms with Crippen molar-refractivity contribution >= 4 is 16.9 Å². The number of aliphatic hydroxyl groups is 3. The zero-order valence-electron chi connectivity index (χ0n) is 22.5. The van der Waals surface area contributed by atoms with E-state index < -0.39 is 23.9 Å². The Bertz CT molecular complexity index is 1660. The molecule has 2 aliphatic heterocycles. The number of nitrogens with one attached hydrogen (secondary N) is 1. The molecule has 4 N–H and O–H groups in total. The zero-order chi connectivity index (χ0) is 28.1. The number of aromatic nitrogens is 2. The highest BCUT2D eigenvalue weighted by molar-refractivity contribution is 5.93. The van der Waals surface area contributed by atoms with Crippen molar-refractivity contribution in [2.45, 2.75) is 89.5 Å². The number of aliphatic hydroxyl groups excluding tert-OH is 2. The lowest BCUT2D eigenvalue weighted by Gasteiger charge is -2.32. The second kappa shape index (κ2) is 8.91. The third kappa shape index (κ3) is 3.62. The molecule has 40 heavy (non-hydrogen) atoms. The molecule has 1 saturated carbocycles. The van der Waals surface area contributed by atoms with Crippen LogP contribution in [0.1, 0.15) is 78.5 Å². The van der Waals surface area contributed by atoms with E-state index in [-0.39, 0.29) is 48.1 Å². The Balaban J connectivity index is 1.42. The molecule has 0 saturated heterocycles. The number of cyclic esters (lactones) is 1. The first-order valence-corrected chi connectivity index (χ1v) is 14.1. The maximum Gasteiger partial charge on any atom is 0.343 e. The second-order valence-corrected chi connectivity index (χ2v) is 11.8. The number of fused-ring (bicyclic) bond motifs is 5. The second-order valence-electron chi connectivity index (χ2n) is 11.8. The number of hydrogen-bond acceptors (Lipinski definition) is 8. The van der Waals surface area contributed by atoms with Crippen LogP contribution < -0.4 is 10.9 Å². The van der Waals surface area contributed by atoms with Crippen molar-refractivity contribution in [3.05, 3.63) is 61.7 Å². The van der Waals surface area contributed by atoms with Crippen molar-refractivity contribution < 1.29 is 29.2 Å².